The highest BCUT2D eigenvalue weighted by molar-refractivity contribution is 9.11. The van der Waals surface area contributed by atoms with Crippen molar-refractivity contribution in [3.63, 3.8) is 0 Å². The monoisotopic (exact) mass is 1460 g/mol. The molecule has 8 heterocycles. The maximum Gasteiger partial charge on any atom is 0.489 e. The van der Waals surface area contributed by atoms with E-state index in [0.29, 0.717) is 107 Å². The Labute approximate surface area is 562 Å². The lowest BCUT2D eigenvalue weighted by molar-refractivity contribution is -0.127. The van der Waals surface area contributed by atoms with E-state index in [4.69, 9.17) is 56.5 Å². The van der Waals surface area contributed by atoms with Crippen molar-refractivity contribution in [3.05, 3.63) is 164 Å². The quantitative estimate of drug-likeness (QED) is 0.0478. The third-order valence-electron chi connectivity index (χ3n) is 15.5. The number of halogens is 9. The van der Waals surface area contributed by atoms with E-state index in [1.54, 1.807) is 40.4 Å². The number of anilines is 3. The molecule has 0 bridgehead atoms. The summed E-state index contributed by atoms with van der Waals surface area (Å²) in [5.41, 5.74) is 5.60. The number of allylic oxidation sites excluding steroid dienone is 1. The van der Waals surface area contributed by atoms with Crippen molar-refractivity contribution < 1.29 is 37.6 Å². The summed E-state index contributed by atoms with van der Waals surface area (Å²) in [5, 5.41) is 35.6. The lowest BCUT2D eigenvalue weighted by Gasteiger charge is -2.35. The summed E-state index contributed by atoms with van der Waals surface area (Å²) in [4.78, 5) is 67.9. The molecule has 10 aromatic rings. The summed E-state index contributed by atoms with van der Waals surface area (Å²) in [6.45, 7) is 20.3. The summed E-state index contributed by atoms with van der Waals surface area (Å²) in [6, 6.07) is 12.6. The number of carbonyl (C=O) groups excluding carboxylic acids is 3. The van der Waals surface area contributed by atoms with Gasteiger partial charge in [-0.3, -0.25) is 24.6 Å². The van der Waals surface area contributed by atoms with Crippen molar-refractivity contribution in [1.29, 1.82) is 0 Å². The van der Waals surface area contributed by atoms with Crippen LogP contribution in [0.2, 0.25) is 15.1 Å². The first kappa shape index (κ1) is 68.5. The summed E-state index contributed by atoms with van der Waals surface area (Å²) in [5.74, 6) is 0.390. The second-order valence-electron chi connectivity index (χ2n) is 21.0. The molecular weight excluding hydrogens is 1400 g/mol. The molecule has 13 rings (SSSR count). The number of aromatic nitrogens is 10. The Morgan fingerprint density at radius 1 is 0.533 bits per heavy atom. The van der Waals surface area contributed by atoms with Gasteiger partial charge in [-0.15, -0.1) is 0 Å². The van der Waals surface area contributed by atoms with Crippen molar-refractivity contribution in [2.75, 3.05) is 80.1 Å². The van der Waals surface area contributed by atoms with Crippen molar-refractivity contribution in [3.8, 4) is 11.1 Å². The minimum Gasteiger partial charge on any atom is -0.423 e. The Morgan fingerprint density at radius 3 is 1.35 bits per heavy atom. The lowest BCUT2D eigenvalue weighted by Crippen LogP contribution is -2.48. The van der Waals surface area contributed by atoms with Gasteiger partial charge in [-0.25, -0.2) is 43.1 Å². The Bertz CT molecular complexity index is 4460. The van der Waals surface area contributed by atoms with E-state index < -0.39 is 29.8 Å². The number of piperazine rings is 2. The van der Waals surface area contributed by atoms with Crippen LogP contribution in [0.25, 0.3) is 65.6 Å². The van der Waals surface area contributed by atoms with Crippen molar-refractivity contribution >= 4 is 180 Å². The van der Waals surface area contributed by atoms with Crippen LogP contribution in [0, 0.1) is 31.3 Å². The summed E-state index contributed by atoms with van der Waals surface area (Å²) >= 11 is 29.7. The zero-order valence-electron chi connectivity index (χ0n) is 49.4. The summed E-state index contributed by atoms with van der Waals surface area (Å²) in [6.07, 6.45) is 14.6. The van der Waals surface area contributed by atoms with Crippen LogP contribution < -0.4 is 20.2 Å². The number of rotatable bonds is 8. The summed E-state index contributed by atoms with van der Waals surface area (Å²) < 4.78 is 44.8. The second kappa shape index (κ2) is 30.7. The van der Waals surface area contributed by atoms with Crippen LogP contribution in [-0.2, 0) is 14.4 Å². The maximum absolute atomic E-state index is 15.9. The Kier molecular flexibility index (Phi) is 22.9. The minimum absolute atomic E-state index is 0.0878. The number of carbonyl (C=O) groups is 3. The second-order valence-corrected chi connectivity index (χ2v) is 24.2. The van der Waals surface area contributed by atoms with Crippen LogP contribution in [0.4, 0.5) is 30.6 Å². The van der Waals surface area contributed by atoms with Crippen LogP contribution in [0.3, 0.4) is 0 Å². The zero-order valence-corrected chi connectivity index (χ0v) is 55.6. The molecule has 0 saturated carbocycles. The lowest BCUT2D eigenvalue weighted by atomic mass is 9.75. The fourth-order valence-corrected chi connectivity index (χ4v) is 12.2. The van der Waals surface area contributed by atoms with Gasteiger partial charge < -0.3 is 34.5 Å². The highest BCUT2D eigenvalue weighted by Gasteiger charge is 2.28. The molecule has 0 spiro atoms. The molecule has 476 valence electrons. The number of piperidine rings is 1. The van der Waals surface area contributed by atoms with Gasteiger partial charge in [-0.05, 0) is 136 Å². The SMILES string of the molecule is C=CC(=O)Cl.C=CC(=O)N1CCN(c2ncnc3c(F)c(-c4c(C)ccc5[nH]ncc45)c(Cl)cc23)CC1.C=CC(=O)N1CCN(c2ncnc3c(F)c(Br)c(Cl)cc23)CC1.Cc1ccc2[nH]ncc2c1B(O)O.Fc1c(Br)c(Cl)cc2c(N3CCCCC3)ncnc12. The van der Waals surface area contributed by atoms with E-state index in [-0.39, 0.29) is 41.8 Å². The number of amides is 2. The number of nitrogens with one attached hydrogen (secondary N) is 2. The molecule has 30 heteroatoms. The van der Waals surface area contributed by atoms with Crippen LogP contribution >= 0.6 is 78.3 Å². The number of H-pyrrole nitrogens is 2. The van der Waals surface area contributed by atoms with Gasteiger partial charge in [0.1, 0.15) is 53.0 Å². The molecule has 0 radical (unpaired) electrons. The van der Waals surface area contributed by atoms with Gasteiger partial charge in [-0.2, -0.15) is 10.2 Å². The van der Waals surface area contributed by atoms with E-state index >= 15 is 4.39 Å². The highest BCUT2D eigenvalue weighted by Crippen LogP contribution is 2.42. The smallest absolute Gasteiger partial charge is 0.423 e. The zero-order chi connectivity index (χ0) is 66.1. The van der Waals surface area contributed by atoms with Crippen LogP contribution in [0.15, 0.2) is 121 Å². The molecule has 0 aliphatic carbocycles. The normalized spacial score (nSPS) is 13.9. The van der Waals surface area contributed by atoms with Crippen LogP contribution in [-0.4, -0.2) is 160 Å². The molecule has 3 aliphatic heterocycles. The van der Waals surface area contributed by atoms with E-state index in [2.05, 4.69) is 107 Å². The van der Waals surface area contributed by atoms with Crippen LogP contribution in [0.5, 0.6) is 0 Å². The number of hydrogen-bond donors (Lipinski definition) is 4. The van der Waals surface area contributed by atoms with Crippen molar-refractivity contribution in [2.24, 2.45) is 0 Å². The van der Waals surface area contributed by atoms with Gasteiger partial charge >= 0.3 is 7.12 Å². The van der Waals surface area contributed by atoms with Gasteiger partial charge in [0.15, 0.2) is 17.5 Å². The van der Waals surface area contributed by atoms with Gasteiger partial charge in [-0.1, -0.05) is 72.2 Å². The third-order valence-corrected chi connectivity index (χ3v) is 18.5. The number of nitrogens with zero attached hydrogens (tertiary/aromatic N) is 13. The number of benzene rings is 5. The predicted octanol–water partition coefficient (Wildman–Crippen LogP) is 11.8. The average molecular weight is 1460 g/mol. The van der Waals surface area contributed by atoms with Crippen molar-refractivity contribution in [1.82, 2.24) is 60.1 Å². The Morgan fingerprint density at radius 2 is 0.924 bits per heavy atom. The molecule has 5 aromatic heterocycles. The third kappa shape index (κ3) is 15.0. The molecule has 4 N–H and O–H groups in total. The standard InChI is InChI=1S/C23H20ClFN6O.C15H13BrClFN4O.C13H12BrClFN3.C8H9BN2O2.C3H3ClO/c1-3-18(32)30-6-8-31(9-7-30)23-14-10-16(24)20(21(25)22(14)26-12-27-23)19-13(2)4-5-17-15(19)11-28-29-17;1-2-11(23)21-3-5-22(6-4-21)15-9-7-10(17)12(16)13(18)14(9)19-8-20-15;14-10-9(15)6-8-12(11(10)16)17-7-18-13(8)19-4-2-1-3-5-19;1-5-2-3-7-6(4-10-11-7)8(5)9(12)13;1-2-3(4)5/h3-5,10-12H,1,6-9H2,2H3,(H,28,29);2,7-8H,1,3-6H2;6-7H,1-5H2;2-4,12-13H,1H3,(H,10,11);2H,1H2. The summed E-state index contributed by atoms with van der Waals surface area (Å²) in [7, 11) is -1.44. The Balaban J connectivity index is 0.000000147. The molecule has 92 heavy (non-hydrogen) atoms. The fraction of sp³-hybridized carbons (Fsp3) is 0.242. The van der Waals surface area contributed by atoms with E-state index in [9.17, 15) is 23.2 Å². The maximum atomic E-state index is 15.9. The predicted molar refractivity (Wildman–Crippen MR) is 365 cm³/mol. The van der Waals surface area contributed by atoms with Gasteiger partial charge in [0.05, 0.1) is 47.4 Å². The first-order valence-electron chi connectivity index (χ1n) is 28.5. The molecule has 3 fully saturated rings. The number of fused-ring (bicyclic) bond motifs is 5. The first-order valence-corrected chi connectivity index (χ1v) is 31.6. The molecule has 2 amide bonds. The van der Waals surface area contributed by atoms with E-state index in [1.807, 2.05) is 47.9 Å². The highest BCUT2D eigenvalue weighted by atomic mass is 79.9. The van der Waals surface area contributed by atoms with E-state index in [1.165, 1.54) is 37.6 Å². The molecule has 3 aliphatic rings. The molecule has 20 nitrogen and oxygen atoms in total. The number of aromatic amines is 2. The number of aryl methyl sites for hydroxylation is 2. The minimum atomic E-state index is -1.44. The first-order chi connectivity index (χ1) is 44.2. The van der Waals surface area contributed by atoms with Gasteiger partial charge in [0.25, 0.3) is 0 Å². The molecule has 0 unspecified atom stereocenters. The fourth-order valence-electron chi connectivity index (χ4n) is 10.9. The largest absolute Gasteiger partial charge is 0.489 e. The van der Waals surface area contributed by atoms with Crippen molar-refractivity contribution in [2.45, 2.75) is 33.1 Å². The topological polar surface area (TPSA) is 243 Å². The Hall–Kier alpha value is -7.82. The van der Waals surface area contributed by atoms with Crippen LogP contribution in [0.1, 0.15) is 30.4 Å². The molecule has 3 saturated heterocycles. The average Bonchev–Trinajstić information content (AvgIpc) is 1.21. The van der Waals surface area contributed by atoms with Gasteiger partial charge in [0.2, 0.25) is 17.1 Å². The van der Waals surface area contributed by atoms with Gasteiger partial charge in [0, 0.05) is 104 Å². The molecular formula is C62H57BBr2Cl4F3N15O5. The molecule has 0 atom stereocenters. The number of hydrogen-bond acceptors (Lipinski definition) is 16. The van der Waals surface area contributed by atoms with E-state index in [0.717, 1.165) is 70.8 Å². The molecule has 5 aromatic carbocycles.